The van der Waals surface area contributed by atoms with Crippen LogP contribution in [0.2, 0.25) is 0 Å². The summed E-state index contributed by atoms with van der Waals surface area (Å²) < 4.78 is 13.8. The Hall–Kier alpha value is -0.930. The van der Waals surface area contributed by atoms with Crippen molar-refractivity contribution in [3.05, 3.63) is 35.6 Å². The van der Waals surface area contributed by atoms with E-state index in [-0.39, 0.29) is 11.9 Å². The maximum absolute atomic E-state index is 13.8. The van der Waals surface area contributed by atoms with E-state index in [1.165, 1.54) is 18.9 Å². The Bertz CT molecular complexity index is 367. The molecule has 1 aromatic rings. The summed E-state index contributed by atoms with van der Waals surface area (Å²) in [4.78, 5) is 0. The van der Waals surface area contributed by atoms with Gasteiger partial charge in [-0.2, -0.15) is 0 Å². The summed E-state index contributed by atoms with van der Waals surface area (Å²) in [5.41, 5.74) is 3.51. The second-order valence-electron chi connectivity index (χ2n) is 5.20. The molecule has 17 heavy (non-hydrogen) atoms. The van der Waals surface area contributed by atoms with Crippen LogP contribution in [-0.4, -0.2) is 0 Å². The maximum Gasteiger partial charge on any atom is 0.128 e. The highest BCUT2D eigenvalue weighted by Crippen LogP contribution is 2.37. The predicted octanol–water partition coefficient (Wildman–Crippen LogP) is 3.16. The fourth-order valence-corrected chi connectivity index (χ4v) is 2.99. The minimum Gasteiger partial charge on any atom is -0.271 e. The normalized spacial score (nSPS) is 26.8. The molecule has 0 amide bonds. The number of hydrogen-bond acceptors (Lipinski definition) is 2. The fraction of sp³-hybridized carbons (Fsp3) is 0.571. The summed E-state index contributed by atoms with van der Waals surface area (Å²) in [6.07, 6.45) is 4.76. The summed E-state index contributed by atoms with van der Waals surface area (Å²) >= 11 is 0. The van der Waals surface area contributed by atoms with Crippen LogP contribution in [0.5, 0.6) is 0 Å². The van der Waals surface area contributed by atoms with Gasteiger partial charge in [0.15, 0.2) is 0 Å². The van der Waals surface area contributed by atoms with Crippen molar-refractivity contribution < 1.29 is 4.39 Å². The van der Waals surface area contributed by atoms with Gasteiger partial charge in [-0.05, 0) is 30.7 Å². The molecule has 3 heteroatoms. The van der Waals surface area contributed by atoms with Crippen LogP contribution in [0.25, 0.3) is 0 Å². The Kier molecular flexibility index (Phi) is 4.13. The van der Waals surface area contributed by atoms with Gasteiger partial charge in [0.1, 0.15) is 5.82 Å². The quantitative estimate of drug-likeness (QED) is 0.625. The van der Waals surface area contributed by atoms with Crippen molar-refractivity contribution in [1.82, 2.24) is 5.43 Å². The lowest BCUT2D eigenvalue weighted by Gasteiger charge is -2.33. The number of halogens is 1. The van der Waals surface area contributed by atoms with Gasteiger partial charge in [0, 0.05) is 5.56 Å². The van der Waals surface area contributed by atoms with E-state index in [1.807, 2.05) is 12.1 Å². The Labute approximate surface area is 102 Å². The molecular formula is C14H21FN2. The standard InChI is InChI=1S/C14H21FN2/c1-10-5-4-6-11(9-10)14(17-16)12-7-2-3-8-13(12)15/h2-3,7-8,10-11,14,17H,4-6,9,16H2,1H3. The van der Waals surface area contributed by atoms with Crippen molar-refractivity contribution in [2.45, 2.75) is 38.6 Å². The Morgan fingerprint density at radius 1 is 1.35 bits per heavy atom. The first-order valence-electron chi connectivity index (χ1n) is 6.43. The SMILES string of the molecule is CC1CCCC(C(NN)c2ccccc2F)C1. The number of hydrogen-bond donors (Lipinski definition) is 2. The van der Waals surface area contributed by atoms with E-state index in [0.29, 0.717) is 11.5 Å². The molecule has 0 spiro atoms. The van der Waals surface area contributed by atoms with Crippen molar-refractivity contribution in [2.75, 3.05) is 0 Å². The van der Waals surface area contributed by atoms with Crippen LogP contribution in [0.3, 0.4) is 0 Å². The van der Waals surface area contributed by atoms with Gasteiger partial charge in [0.25, 0.3) is 0 Å². The topological polar surface area (TPSA) is 38.0 Å². The van der Waals surface area contributed by atoms with Gasteiger partial charge in [0.05, 0.1) is 6.04 Å². The largest absolute Gasteiger partial charge is 0.271 e. The summed E-state index contributed by atoms with van der Waals surface area (Å²) in [6.45, 7) is 2.26. The molecular weight excluding hydrogens is 215 g/mol. The molecule has 1 fully saturated rings. The fourth-order valence-electron chi connectivity index (χ4n) is 2.99. The molecule has 0 bridgehead atoms. The van der Waals surface area contributed by atoms with E-state index in [0.717, 1.165) is 18.8 Å². The van der Waals surface area contributed by atoms with E-state index in [2.05, 4.69) is 12.3 Å². The van der Waals surface area contributed by atoms with Gasteiger partial charge < -0.3 is 0 Å². The van der Waals surface area contributed by atoms with Crippen LogP contribution in [0.4, 0.5) is 4.39 Å². The average molecular weight is 236 g/mol. The number of rotatable bonds is 3. The molecule has 2 nitrogen and oxygen atoms in total. The molecule has 1 aliphatic rings. The van der Waals surface area contributed by atoms with Crippen LogP contribution in [0, 0.1) is 17.7 Å². The molecule has 0 saturated heterocycles. The Balaban J connectivity index is 2.18. The molecule has 2 rings (SSSR count). The zero-order chi connectivity index (χ0) is 12.3. The zero-order valence-corrected chi connectivity index (χ0v) is 10.3. The minimum atomic E-state index is -0.159. The van der Waals surface area contributed by atoms with Crippen LogP contribution in [-0.2, 0) is 0 Å². The second kappa shape index (κ2) is 5.61. The first kappa shape index (κ1) is 12.5. The number of nitrogens with two attached hydrogens (primary N) is 1. The highest BCUT2D eigenvalue weighted by atomic mass is 19.1. The van der Waals surface area contributed by atoms with Gasteiger partial charge in [-0.15, -0.1) is 0 Å². The van der Waals surface area contributed by atoms with Crippen molar-refractivity contribution in [3.63, 3.8) is 0 Å². The van der Waals surface area contributed by atoms with Gasteiger partial charge in [-0.1, -0.05) is 38.0 Å². The van der Waals surface area contributed by atoms with Gasteiger partial charge >= 0.3 is 0 Å². The maximum atomic E-state index is 13.8. The van der Waals surface area contributed by atoms with E-state index in [1.54, 1.807) is 6.07 Å². The van der Waals surface area contributed by atoms with Crippen LogP contribution >= 0.6 is 0 Å². The van der Waals surface area contributed by atoms with E-state index in [9.17, 15) is 4.39 Å². The van der Waals surface area contributed by atoms with E-state index in [4.69, 9.17) is 5.84 Å². The van der Waals surface area contributed by atoms with Crippen molar-refractivity contribution >= 4 is 0 Å². The number of hydrazine groups is 1. The zero-order valence-electron chi connectivity index (χ0n) is 10.3. The smallest absolute Gasteiger partial charge is 0.128 e. The number of benzene rings is 1. The first-order valence-corrected chi connectivity index (χ1v) is 6.43. The summed E-state index contributed by atoms with van der Waals surface area (Å²) in [7, 11) is 0. The Morgan fingerprint density at radius 3 is 2.76 bits per heavy atom. The minimum absolute atomic E-state index is 0.0565. The summed E-state index contributed by atoms with van der Waals surface area (Å²) in [5, 5.41) is 0. The predicted molar refractivity (Wildman–Crippen MR) is 67.6 cm³/mol. The van der Waals surface area contributed by atoms with Gasteiger partial charge in [-0.25, -0.2) is 4.39 Å². The molecule has 1 saturated carbocycles. The second-order valence-corrected chi connectivity index (χ2v) is 5.20. The highest BCUT2D eigenvalue weighted by molar-refractivity contribution is 5.22. The lowest BCUT2D eigenvalue weighted by molar-refractivity contribution is 0.221. The third-order valence-electron chi connectivity index (χ3n) is 3.87. The molecule has 1 aliphatic carbocycles. The highest BCUT2D eigenvalue weighted by Gasteiger charge is 2.28. The summed E-state index contributed by atoms with van der Waals surface area (Å²) in [5.74, 6) is 6.64. The molecule has 0 radical (unpaired) electrons. The van der Waals surface area contributed by atoms with Gasteiger partial charge in [0.2, 0.25) is 0 Å². The van der Waals surface area contributed by atoms with Crippen molar-refractivity contribution in [3.8, 4) is 0 Å². The molecule has 0 aliphatic heterocycles. The molecule has 94 valence electrons. The molecule has 0 aromatic heterocycles. The van der Waals surface area contributed by atoms with E-state index >= 15 is 0 Å². The van der Waals surface area contributed by atoms with Crippen LogP contribution in [0.15, 0.2) is 24.3 Å². The third-order valence-corrected chi connectivity index (χ3v) is 3.87. The molecule has 3 atom stereocenters. The van der Waals surface area contributed by atoms with Crippen molar-refractivity contribution in [1.29, 1.82) is 0 Å². The third kappa shape index (κ3) is 2.85. The van der Waals surface area contributed by atoms with Crippen LogP contribution < -0.4 is 11.3 Å². The summed E-state index contributed by atoms with van der Waals surface area (Å²) in [6, 6.07) is 6.87. The Morgan fingerprint density at radius 2 is 2.12 bits per heavy atom. The molecule has 1 aromatic carbocycles. The monoisotopic (exact) mass is 236 g/mol. The van der Waals surface area contributed by atoms with Crippen LogP contribution in [0.1, 0.15) is 44.2 Å². The van der Waals surface area contributed by atoms with Gasteiger partial charge in [-0.3, -0.25) is 11.3 Å². The lowest BCUT2D eigenvalue weighted by atomic mass is 9.77. The first-order chi connectivity index (χ1) is 8.22. The lowest BCUT2D eigenvalue weighted by Crippen LogP contribution is -2.36. The molecule has 0 heterocycles. The van der Waals surface area contributed by atoms with Crippen molar-refractivity contribution in [2.24, 2.45) is 17.7 Å². The molecule has 3 N–H and O–H groups in total. The van der Waals surface area contributed by atoms with E-state index < -0.39 is 0 Å². The average Bonchev–Trinajstić information content (AvgIpc) is 2.33. The number of nitrogens with one attached hydrogen (secondary N) is 1. The molecule has 3 unspecified atom stereocenters.